The molecule has 3 rings (SSSR count). The average Bonchev–Trinajstić information content (AvgIpc) is 2.61. The molecule has 0 saturated heterocycles. The van der Waals surface area contributed by atoms with Gasteiger partial charge in [-0.2, -0.15) is 5.26 Å². The molecule has 0 aliphatic rings. The number of rotatable bonds is 3. The molecule has 6 heteroatoms. The van der Waals surface area contributed by atoms with Gasteiger partial charge in [0.25, 0.3) is 0 Å². The molecule has 1 aromatic heterocycles. The zero-order valence-corrected chi connectivity index (χ0v) is 15.8. The maximum Gasteiger partial charge on any atom is 0.0671 e. The summed E-state index contributed by atoms with van der Waals surface area (Å²) < 4.78 is 0. The molecule has 25 heavy (non-hydrogen) atoms. The molecule has 0 amide bonds. The van der Waals surface area contributed by atoms with Gasteiger partial charge in [0.15, 0.2) is 0 Å². The lowest BCUT2D eigenvalue weighted by Crippen LogP contribution is -1.96. The predicted molar refractivity (Wildman–Crippen MR) is 104 cm³/mol. The molecular formula is C19H10Cl4N2. The topological polar surface area (TPSA) is 36.7 Å². The van der Waals surface area contributed by atoms with Crippen molar-refractivity contribution in [3.8, 4) is 28.3 Å². The Labute approximate surface area is 165 Å². The minimum absolute atomic E-state index is 0.166. The molecule has 0 saturated carbocycles. The smallest absolute Gasteiger partial charge is 0.0671 e. The third kappa shape index (κ3) is 3.47. The summed E-state index contributed by atoms with van der Waals surface area (Å²) in [4.78, 5) is 4.31. The van der Waals surface area contributed by atoms with Crippen LogP contribution in [0.3, 0.4) is 0 Å². The molecule has 0 radical (unpaired) electrons. The van der Waals surface area contributed by atoms with E-state index in [1.807, 2.05) is 12.1 Å². The van der Waals surface area contributed by atoms with E-state index in [-0.39, 0.29) is 6.42 Å². The van der Waals surface area contributed by atoms with Crippen molar-refractivity contribution in [3.63, 3.8) is 0 Å². The van der Waals surface area contributed by atoms with E-state index in [4.69, 9.17) is 46.4 Å². The monoisotopic (exact) mass is 406 g/mol. The van der Waals surface area contributed by atoms with Crippen molar-refractivity contribution >= 4 is 46.4 Å². The Kier molecular flexibility index (Phi) is 5.51. The molecule has 124 valence electrons. The normalized spacial score (nSPS) is 10.5. The molecule has 0 bridgehead atoms. The van der Waals surface area contributed by atoms with Crippen LogP contribution in [0.4, 0.5) is 0 Å². The Hall–Kier alpha value is -1.76. The molecule has 2 aromatic carbocycles. The summed E-state index contributed by atoms with van der Waals surface area (Å²) in [6.45, 7) is 0. The SMILES string of the molecule is N#CCc1c(-c2cccc(Cl)c2Cl)cncc1-c1cccc(Cl)c1Cl. The fourth-order valence-electron chi connectivity index (χ4n) is 2.64. The van der Waals surface area contributed by atoms with Gasteiger partial charge in [0, 0.05) is 34.6 Å². The number of pyridine rings is 1. The van der Waals surface area contributed by atoms with Gasteiger partial charge in [0.2, 0.25) is 0 Å². The summed E-state index contributed by atoms with van der Waals surface area (Å²) in [7, 11) is 0. The summed E-state index contributed by atoms with van der Waals surface area (Å²) in [5.74, 6) is 0. The number of halogens is 4. The molecular weight excluding hydrogens is 398 g/mol. The fraction of sp³-hybridized carbons (Fsp3) is 0.0526. The largest absolute Gasteiger partial charge is 0.263 e. The van der Waals surface area contributed by atoms with Gasteiger partial charge in [0.1, 0.15) is 0 Å². The van der Waals surface area contributed by atoms with Crippen molar-refractivity contribution in [2.75, 3.05) is 0 Å². The van der Waals surface area contributed by atoms with Crippen molar-refractivity contribution in [1.29, 1.82) is 5.26 Å². The lowest BCUT2D eigenvalue weighted by atomic mass is 9.92. The lowest BCUT2D eigenvalue weighted by Gasteiger charge is -2.15. The van der Waals surface area contributed by atoms with Crippen molar-refractivity contribution in [3.05, 3.63) is 74.4 Å². The van der Waals surface area contributed by atoms with Crippen LogP contribution in [0.1, 0.15) is 5.56 Å². The van der Waals surface area contributed by atoms with Crippen LogP contribution < -0.4 is 0 Å². The summed E-state index contributed by atoms with van der Waals surface area (Å²) >= 11 is 25.0. The first-order valence-electron chi connectivity index (χ1n) is 7.27. The highest BCUT2D eigenvalue weighted by molar-refractivity contribution is 6.44. The predicted octanol–water partition coefficient (Wildman–Crippen LogP) is 7.10. The molecule has 0 fully saturated rings. The molecule has 3 aromatic rings. The Morgan fingerprint density at radius 2 is 1.24 bits per heavy atom. The van der Waals surface area contributed by atoms with Crippen LogP contribution in [0.5, 0.6) is 0 Å². The van der Waals surface area contributed by atoms with Gasteiger partial charge in [0.05, 0.1) is 32.6 Å². The lowest BCUT2D eigenvalue weighted by molar-refractivity contribution is 1.22. The second-order valence-electron chi connectivity index (χ2n) is 5.25. The standard InChI is InChI=1S/C19H10Cl4N2/c20-16-5-1-3-12(18(16)22)14-9-25-10-15(11(14)7-8-24)13-4-2-6-17(21)19(13)23/h1-6,9-10H,7H2. The minimum Gasteiger partial charge on any atom is -0.263 e. The van der Waals surface area contributed by atoms with Gasteiger partial charge in [-0.3, -0.25) is 4.98 Å². The van der Waals surface area contributed by atoms with Crippen molar-refractivity contribution in [2.24, 2.45) is 0 Å². The van der Waals surface area contributed by atoms with Crippen LogP contribution in [0.2, 0.25) is 20.1 Å². The van der Waals surface area contributed by atoms with Crippen LogP contribution in [-0.2, 0) is 6.42 Å². The fourth-order valence-corrected chi connectivity index (χ4v) is 3.45. The molecule has 0 spiro atoms. The molecule has 0 atom stereocenters. The number of nitrogens with zero attached hydrogens (tertiary/aromatic N) is 2. The number of aromatic nitrogens is 1. The number of benzene rings is 2. The maximum absolute atomic E-state index is 9.32. The van der Waals surface area contributed by atoms with E-state index >= 15 is 0 Å². The van der Waals surface area contributed by atoms with E-state index in [0.717, 1.165) is 16.7 Å². The van der Waals surface area contributed by atoms with Crippen LogP contribution in [0, 0.1) is 11.3 Å². The Balaban J connectivity index is 2.31. The number of hydrogen-bond donors (Lipinski definition) is 0. The summed E-state index contributed by atoms with van der Waals surface area (Å²) in [6.07, 6.45) is 3.51. The summed E-state index contributed by atoms with van der Waals surface area (Å²) in [5, 5.41) is 11.0. The van der Waals surface area contributed by atoms with Crippen molar-refractivity contribution < 1.29 is 0 Å². The van der Waals surface area contributed by atoms with E-state index in [1.54, 1.807) is 36.7 Å². The maximum atomic E-state index is 9.32. The van der Waals surface area contributed by atoms with Gasteiger partial charge >= 0.3 is 0 Å². The zero-order chi connectivity index (χ0) is 18.0. The second-order valence-corrected chi connectivity index (χ2v) is 6.82. The highest BCUT2D eigenvalue weighted by atomic mass is 35.5. The molecule has 2 nitrogen and oxygen atoms in total. The van der Waals surface area contributed by atoms with Gasteiger partial charge in [-0.25, -0.2) is 0 Å². The quantitative estimate of drug-likeness (QED) is 0.464. The van der Waals surface area contributed by atoms with Gasteiger partial charge in [-0.15, -0.1) is 0 Å². The van der Waals surface area contributed by atoms with E-state index < -0.39 is 0 Å². The van der Waals surface area contributed by atoms with E-state index in [9.17, 15) is 5.26 Å². The van der Waals surface area contributed by atoms with Crippen molar-refractivity contribution in [2.45, 2.75) is 6.42 Å². The van der Waals surface area contributed by atoms with E-state index in [2.05, 4.69) is 11.1 Å². The van der Waals surface area contributed by atoms with E-state index in [0.29, 0.717) is 31.2 Å². The summed E-state index contributed by atoms with van der Waals surface area (Å²) in [5.41, 5.74) is 3.68. The highest BCUT2D eigenvalue weighted by Crippen LogP contribution is 2.40. The Bertz CT molecular complexity index is 923. The average molecular weight is 408 g/mol. The van der Waals surface area contributed by atoms with Gasteiger partial charge < -0.3 is 0 Å². The van der Waals surface area contributed by atoms with Crippen molar-refractivity contribution in [1.82, 2.24) is 4.98 Å². The van der Waals surface area contributed by atoms with Crippen LogP contribution in [0.15, 0.2) is 48.8 Å². The third-order valence-electron chi connectivity index (χ3n) is 3.80. The van der Waals surface area contributed by atoms with Crippen LogP contribution in [0.25, 0.3) is 22.3 Å². The van der Waals surface area contributed by atoms with Gasteiger partial charge in [-0.1, -0.05) is 70.7 Å². The Morgan fingerprint density at radius 3 is 1.68 bits per heavy atom. The summed E-state index contributed by atoms with van der Waals surface area (Å²) in [6, 6.07) is 12.9. The van der Waals surface area contributed by atoms with Crippen LogP contribution >= 0.6 is 46.4 Å². The molecule has 1 heterocycles. The first-order valence-corrected chi connectivity index (χ1v) is 8.78. The highest BCUT2D eigenvalue weighted by Gasteiger charge is 2.18. The molecule has 0 aliphatic heterocycles. The zero-order valence-electron chi connectivity index (χ0n) is 12.7. The first kappa shape index (κ1) is 18.0. The van der Waals surface area contributed by atoms with E-state index in [1.165, 1.54) is 0 Å². The number of nitriles is 1. The minimum atomic E-state index is 0.166. The third-order valence-corrected chi connectivity index (χ3v) is 5.43. The Morgan fingerprint density at radius 1 is 0.760 bits per heavy atom. The van der Waals surface area contributed by atoms with Gasteiger partial charge in [-0.05, 0) is 17.7 Å². The molecule has 0 N–H and O–H groups in total. The molecule has 0 aliphatic carbocycles. The van der Waals surface area contributed by atoms with Crippen LogP contribution in [-0.4, -0.2) is 4.98 Å². The number of hydrogen-bond acceptors (Lipinski definition) is 2. The second kappa shape index (κ2) is 7.64. The molecule has 0 unspecified atom stereocenters. The first-order chi connectivity index (χ1) is 12.0.